The molecule has 0 atom stereocenters. The quantitative estimate of drug-likeness (QED) is 0.558. The van der Waals surface area contributed by atoms with Gasteiger partial charge in [-0.15, -0.1) is 0 Å². The van der Waals surface area contributed by atoms with E-state index in [9.17, 15) is 4.79 Å². The minimum atomic E-state index is -0.762. The molecule has 0 bridgehead atoms. The summed E-state index contributed by atoms with van der Waals surface area (Å²) in [6, 6.07) is 2.02. The minimum absolute atomic E-state index is 0.00565. The van der Waals surface area contributed by atoms with Gasteiger partial charge in [0.15, 0.2) is 0 Å². The first-order valence-corrected chi connectivity index (χ1v) is 2.86. The number of carboxylic acids is 1. The van der Waals surface area contributed by atoms with Gasteiger partial charge in [0.05, 0.1) is 12.0 Å². The zero-order chi connectivity index (χ0) is 6.85. The summed E-state index contributed by atoms with van der Waals surface area (Å²) in [6.07, 6.45) is 1.09. The molecule has 3 heteroatoms. The van der Waals surface area contributed by atoms with Gasteiger partial charge in [0.25, 0.3) is 0 Å². The normalized spacial score (nSPS) is 32.3. The summed E-state index contributed by atoms with van der Waals surface area (Å²) in [4.78, 5) is 10.1. The van der Waals surface area contributed by atoms with Crippen LogP contribution in [0.5, 0.6) is 0 Å². The number of carbonyl (C=O) groups is 1. The molecule has 0 aliphatic heterocycles. The van der Waals surface area contributed by atoms with Crippen molar-refractivity contribution in [2.24, 2.45) is 11.8 Å². The Hall–Kier alpha value is -1.04. The summed E-state index contributed by atoms with van der Waals surface area (Å²) in [5.74, 6) is -0.998. The number of nitriles is 1. The van der Waals surface area contributed by atoms with Gasteiger partial charge in [0, 0.05) is 5.92 Å². The predicted molar refractivity (Wildman–Crippen MR) is 29.5 cm³/mol. The number of carboxylic acid groups (broad SMARTS) is 1. The van der Waals surface area contributed by atoms with Gasteiger partial charge >= 0.3 is 5.97 Å². The van der Waals surface area contributed by atoms with E-state index < -0.39 is 5.97 Å². The molecule has 0 radical (unpaired) electrons. The van der Waals surface area contributed by atoms with Crippen LogP contribution in [0.3, 0.4) is 0 Å². The van der Waals surface area contributed by atoms with Gasteiger partial charge in [-0.1, -0.05) is 0 Å². The van der Waals surface area contributed by atoms with Crippen LogP contribution in [0.1, 0.15) is 12.8 Å². The maximum atomic E-state index is 10.1. The van der Waals surface area contributed by atoms with Crippen molar-refractivity contribution in [3.63, 3.8) is 0 Å². The molecule has 0 amide bonds. The first-order chi connectivity index (χ1) is 4.24. The largest absolute Gasteiger partial charge is 0.481 e. The highest BCUT2D eigenvalue weighted by Crippen LogP contribution is 2.32. The molecule has 1 saturated carbocycles. The lowest BCUT2D eigenvalue weighted by Crippen LogP contribution is -2.29. The average molecular weight is 125 g/mol. The first kappa shape index (κ1) is 6.09. The van der Waals surface area contributed by atoms with Gasteiger partial charge in [-0.3, -0.25) is 4.79 Å². The second-order valence-corrected chi connectivity index (χ2v) is 2.33. The molecular weight excluding hydrogens is 118 g/mol. The van der Waals surface area contributed by atoms with Crippen LogP contribution in [0, 0.1) is 23.2 Å². The van der Waals surface area contributed by atoms with Crippen molar-refractivity contribution in [1.29, 1.82) is 5.26 Å². The third-order valence-corrected chi connectivity index (χ3v) is 1.67. The second kappa shape index (κ2) is 2.06. The number of hydrogen-bond donors (Lipinski definition) is 1. The molecule has 0 spiro atoms. The standard InChI is InChI=1S/C6H7NO2/c7-3-4-1-5(2-4)6(8)9/h4-5H,1-2H2,(H,8,9)/t4-,5-. The Morgan fingerprint density at radius 3 is 2.56 bits per heavy atom. The van der Waals surface area contributed by atoms with Gasteiger partial charge in [-0.25, -0.2) is 0 Å². The van der Waals surface area contributed by atoms with Crippen LogP contribution >= 0.6 is 0 Å². The molecule has 1 N–H and O–H groups in total. The molecule has 3 nitrogen and oxygen atoms in total. The minimum Gasteiger partial charge on any atom is -0.481 e. The van der Waals surface area contributed by atoms with Crippen molar-refractivity contribution < 1.29 is 9.90 Å². The molecule has 1 aliphatic carbocycles. The molecule has 48 valence electrons. The monoisotopic (exact) mass is 125 g/mol. The third kappa shape index (κ3) is 1.02. The van der Waals surface area contributed by atoms with Crippen molar-refractivity contribution in [2.75, 3.05) is 0 Å². The number of rotatable bonds is 1. The number of hydrogen-bond acceptors (Lipinski definition) is 2. The van der Waals surface area contributed by atoms with Gasteiger partial charge in [-0.2, -0.15) is 5.26 Å². The molecule has 1 rings (SSSR count). The van der Waals surface area contributed by atoms with E-state index in [0.717, 1.165) is 0 Å². The molecule has 0 aromatic carbocycles. The molecule has 1 fully saturated rings. The first-order valence-electron chi connectivity index (χ1n) is 2.86. The number of aliphatic carboxylic acids is 1. The van der Waals surface area contributed by atoms with Crippen LogP contribution < -0.4 is 0 Å². The second-order valence-electron chi connectivity index (χ2n) is 2.33. The Labute approximate surface area is 52.9 Å². The summed E-state index contributed by atoms with van der Waals surface area (Å²) in [7, 11) is 0. The van der Waals surface area contributed by atoms with Crippen LogP contribution in [0.25, 0.3) is 0 Å². The fourth-order valence-electron chi connectivity index (χ4n) is 0.925. The zero-order valence-electron chi connectivity index (χ0n) is 4.87. The van der Waals surface area contributed by atoms with Crippen molar-refractivity contribution >= 4 is 5.97 Å². The predicted octanol–water partition coefficient (Wildman–Crippen LogP) is 0.621. The highest BCUT2D eigenvalue weighted by Gasteiger charge is 2.34. The third-order valence-electron chi connectivity index (χ3n) is 1.67. The van der Waals surface area contributed by atoms with Crippen LogP contribution in [0.15, 0.2) is 0 Å². The summed E-state index contributed by atoms with van der Waals surface area (Å²) in [6.45, 7) is 0. The SMILES string of the molecule is N#C[C@H]1C[C@H](C(=O)O)C1. The van der Waals surface area contributed by atoms with E-state index in [1.54, 1.807) is 0 Å². The van der Waals surface area contributed by atoms with E-state index in [2.05, 4.69) is 0 Å². The summed E-state index contributed by atoms with van der Waals surface area (Å²) in [5, 5.41) is 16.6. The zero-order valence-corrected chi connectivity index (χ0v) is 4.87. The summed E-state index contributed by atoms with van der Waals surface area (Å²) < 4.78 is 0. The van der Waals surface area contributed by atoms with Crippen LogP contribution in [0.4, 0.5) is 0 Å². The van der Waals surface area contributed by atoms with E-state index in [-0.39, 0.29) is 11.8 Å². The lowest BCUT2D eigenvalue weighted by Gasteiger charge is -2.26. The lowest BCUT2D eigenvalue weighted by molar-refractivity contribution is -0.145. The van der Waals surface area contributed by atoms with Crippen LogP contribution in [-0.2, 0) is 4.79 Å². The van der Waals surface area contributed by atoms with E-state index in [1.807, 2.05) is 6.07 Å². The molecular formula is C6H7NO2. The van der Waals surface area contributed by atoms with Gasteiger partial charge in [0.2, 0.25) is 0 Å². The lowest BCUT2D eigenvalue weighted by atomic mass is 9.76. The van der Waals surface area contributed by atoms with E-state index in [1.165, 1.54) is 0 Å². The molecule has 9 heavy (non-hydrogen) atoms. The smallest absolute Gasteiger partial charge is 0.306 e. The van der Waals surface area contributed by atoms with E-state index in [0.29, 0.717) is 12.8 Å². The average Bonchev–Trinajstić information content (AvgIpc) is 1.61. The Morgan fingerprint density at radius 1 is 1.67 bits per heavy atom. The Bertz CT molecular complexity index is 164. The van der Waals surface area contributed by atoms with E-state index in [4.69, 9.17) is 10.4 Å². The van der Waals surface area contributed by atoms with Crippen LogP contribution in [0.2, 0.25) is 0 Å². The maximum Gasteiger partial charge on any atom is 0.306 e. The summed E-state index contributed by atoms with van der Waals surface area (Å²) in [5.41, 5.74) is 0. The molecule has 1 aliphatic rings. The van der Waals surface area contributed by atoms with Gasteiger partial charge in [-0.05, 0) is 12.8 Å². The molecule has 0 heterocycles. The molecule has 0 unspecified atom stereocenters. The Balaban J connectivity index is 2.29. The highest BCUT2D eigenvalue weighted by molar-refractivity contribution is 5.71. The molecule has 0 aromatic rings. The fourth-order valence-corrected chi connectivity index (χ4v) is 0.925. The van der Waals surface area contributed by atoms with Crippen molar-refractivity contribution in [1.82, 2.24) is 0 Å². The van der Waals surface area contributed by atoms with Gasteiger partial charge < -0.3 is 5.11 Å². The van der Waals surface area contributed by atoms with Crippen molar-refractivity contribution in [3.05, 3.63) is 0 Å². The van der Waals surface area contributed by atoms with Crippen molar-refractivity contribution in [2.45, 2.75) is 12.8 Å². The molecule has 0 saturated heterocycles. The summed E-state index contributed by atoms with van der Waals surface area (Å²) >= 11 is 0. The fraction of sp³-hybridized carbons (Fsp3) is 0.667. The van der Waals surface area contributed by atoms with Crippen molar-refractivity contribution in [3.8, 4) is 6.07 Å². The number of nitrogens with zero attached hydrogens (tertiary/aromatic N) is 1. The van der Waals surface area contributed by atoms with E-state index >= 15 is 0 Å². The Kier molecular flexibility index (Phi) is 1.39. The highest BCUT2D eigenvalue weighted by atomic mass is 16.4. The van der Waals surface area contributed by atoms with Crippen LogP contribution in [-0.4, -0.2) is 11.1 Å². The maximum absolute atomic E-state index is 10.1. The molecule has 0 aromatic heterocycles. The van der Waals surface area contributed by atoms with Gasteiger partial charge in [0.1, 0.15) is 0 Å². The topological polar surface area (TPSA) is 61.1 Å². The Morgan fingerprint density at radius 2 is 2.22 bits per heavy atom.